The van der Waals surface area contributed by atoms with E-state index >= 15 is 0 Å². The highest BCUT2D eigenvalue weighted by Crippen LogP contribution is 2.15. The van der Waals surface area contributed by atoms with Crippen LogP contribution < -0.4 is 4.74 Å². The predicted octanol–water partition coefficient (Wildman–Crippen LogP) is 4.62. The zero-order valence-electron chi connectivity index (χ0n) is 13.4. The third-order valence-electron chi connectivity index (χ3n) is 3.26. The van der Waals surface area contributed by atoms with E-state index in [1.165, 1.54) is 0 Å². The molecule has 0 N–H and O–H groups in total. The first-order valence-corrected chi connectivity index (χ1v) is 7.87. The summed E-state index contributed by atoms with van der Waals surface area (Å²) in [4.78, 5) is 11.2. The monoisotopic (exact) mass is 310 g/mol. The van der Waals surface area contributed by atoms with Crippen LogP contribution in [-0.4, -0.2) is 12.6 Å². The van der Waals surface area contributed by atoms with Crippen molar-refractivity contribution in [2.75, 3.05) is 6.61 Å². The molecule has 0 aliphatic heterocycles. The Balaban J connectivity index is 1.76. The van der Waals surface area contributed by atoms with Crippen LogP contribution in [0.5, 0.6) is 5.75 Å². The number of benzene rings is 2. The van der Waals surface area contributed by atoms with Gasteiger partial charge in [0.05, 0.1) is 6.61 Å². The van der Waals surface area contributed by atoms with E-state index in [0.29, 0.717) is 26.1 Å². The van der Waals surface area contributed by atoms with Crippen molar-refractivity contribution in [1.82, 2.24) is 0 Å². The van der Waals surface area contributed by atoms with Gasteiger partial charge in [-0.1, -0.05) is 54.6 Å². The number of rotatable bonds is 8. The second-order valence-corrected chi connectivity index (χ2v) is 5.09. The molecule has 0 aliphatic carbocycles. The van der Waals surface area contributed by atoms with Gasteiger partial charge in [0.1, 0.15) is 12.4 Å². The zero-order valence-corrected chi connectivity index (χ0v) is 13.4. The van der Waals surface area contributed by atoms with Gasteiger partial charge in [-0.3, -0.25) is 4.79 Å². The molecule has 0 fully saturated rings. The van der Waals surface area contributed by atoms with Crippen molar-refractivity contribution in [3.8, 4) is 5.75 Å². The molecule has 0 saturated carbocycles. The predicted molar refractivity (Wildman–Crippen MR) is 92.1 cm³/mol. The fourth-order valence-electron chi connectivity index (χ4n) is 2.07. The summed E-state index contributed by atoms with van der Waals surface area (Å²) in [5, 5.41) is 0. The third kappa shape index (κ3) is 6.39. The largest absolute Gasteiger partial charge is 0.489 e. The number of hydrogen-bond acceptors (Lipinski definition) is 3. The van der Waals surface area contributed by atoms with Crippen molar-refractivity contribution in [2.24, 2.45) is 0 Å². The van der Waals surface area contributed by atoms with E-state index in [4.69, 9.17) is 9.47 Å². The smallest absolute Gasteiger partial charge is 0.306 e. The van der Waals surface area contributed by atoms with E-state index in [1.807, 2.05) is 73.7 Å². The van der Waals surface area contributed by atoms with Gasteiger partial charge < -0.3 is 9.47 Å². The lowest BCUT2D eigenvalue weighted by Gasteiger charge is -2.06. The Morgan fingerprint density at radius 2 is 1.78 bits per heavy atom. The first kappa shape index (κ1) is 16.8. The fourth-order valence-corrected chi connectivity index (χ4v) is 2.07. The lowest BCUT2D eigenvalue weighted by molar-refractivity contribution is -0.142. The van der Waals surface area contributed by atoms with Crippen molar-refractivity contribution in [1.29, 1.82) is 0 Å². The van der Waals surface area contributed by atoms with Crippen LogP contribution in [0.2, 0.25) is 0 Å². The van der Waals surface area contributed by atoms with E-state index in [1.54, 1.807) is 0 Å². The summed E-state index contributed by atoms with van der Waals surface area (Å²) in [7, 11) is 0. The van der Waals surface area contributed by atoms with Gasteiger partial charge in [-0.05, 0) is 36.6 Å². The summed E-state index contributed by atoms with van der Waals surface area (Å²) in [6, 6.07) is 18.0. The molecule has 0 aliphatic rings. The van der Waals surface area contributed by atoms with Crippen molar-refractivity contribution in [3.05, 3.63) is 71.8 Å². The molecule has 2 aromatic carbocycles. The molecular formula is C20H22O3. The number of allylic oxidation sites excluding steroid dienone is 1. The molecule has 3 heteroatoms. The first-order chi connectivity index (χ1) is 11.3. The van der Waals surface area contributed by atoms with Gasteiger partial charge in [0.25, 0.3) is 0 Å². The van der Waals surface area contributed by atoms with E-state index in [2.05, 4.69) is 0 Å². The van der Waals surface area contributed by atoms with Crippen molar-refractivity contribution in [2.45, 2.75) is 26.4 Å². The number of hydrogen-bond donors (Lipinski definition) is 0. The zero-order chi connectivity index (χ0) is 16.3. The van der Waals surface area contributed by atoms with Crippen molar-refractivity contribution >= 4 is 12.0 Å². The molecule has 2 rings (SSSR count). The van der Waals surface area contributed by atoms with Crippen LogP contribution in [-0.2, 0) is 16.1 Å². The Labute approximate surface area is 137 Å². The van der Waals surface area contributed by atoms with E-state index in [-0.39, 0.29) is 5.97 Å². The van der Waals surface area contributed by atoms with Crippen LogP contribution in [0.3, 0.4) is 0 Å². The summed E-state index contributed by atoms with van der Waals surface area (Å²) < 4.78 is 10.6. The Hall–Kier alpha value is -2.55. The highest BCUT2D eigenvalue weighted by molar-refractivity contribution is 5.69. The summed E-state index contributed by atoms with van der Waals surface area (Å²) in [5.74, 6) is 0.694. The minimum absolute atomic E-state index is 0.151. The highest BCUT2D eigenvalue weighted by Gasteiger charge is 1.98. The lowest BCUT2D eigenvalue weighted by atomic mass is 10.2. The van der Waals surface area contributed by atoms with Crippen LogP contribution in [0, 0.1) is 0 Å². The summed E-state index contributed by atoms with van der Waals surface area (Å²) in [6.45, 7) is 2.82. The normalized spacial score (nSPS) is 10.7. The molecule has 0 saturated heterocycles. The molecule has 120 valence electrons. The van der Waals surface area contributed by atoms with Gasteiger partial charge in [0, 0.05) is 6.42 Å². The molecular weight excluding hydrogens is 288 g/mol. The van der Waals surface area contributed by atoms with Gasteiger partial charge in [-0.15, -0.1) is 0 Å². The molecule has 0 radical (unpaired) electrons. The minimum Gasteiger partial charge on any atom is -0.489 e. The highest BCUT2D eigenvalue weighted by atomic mass is 16.5. The number of esters is 1. The van der Waals surface area contributed by atoms with Crippen LogP contribution in [0.1, 0.15) is 30.9 Å². The molecule has 0 unspecified atom stereocenters. The maximum Gasteiger partial charge on any atom is 0.306 e. The Morgan fingerprint density at radius 1 is 1.04 bits per heavy atom. The van der Waals surface area contributed by atoms with E-state index in [0.717, 1.165) is 16.9 Å². The minimum atomic E-state index is -0.151. The first-order valence-electron chi connectivity index (χ1n) is 7.87. The SMILES string of the molecule is CCOC(=O)CCC=Cc1ccc(OCc2ccccc2)cc1. The van der Waals surface area contributed by atoms with Gasteiger partial charge in [-0.25, -0.2) is 0 Å². The Morgan fingerprint density at radius 3 is 2.48 bits per heavy atom. The molecule has 0 spiro atoms. The summed E-state index contributed by atoms with van der Waals surface area (Å²) in [6.07, 6.45) is 5.09. The number of carbonyl (C=O) groups excluding carboxylic acids is 1. The quantitative estimate of drug-likeness (QED) is 0.667. The molecule has 2 aromatic rings. The summed E-state index contributed by atoms with van der Waals surface area (Å²) in [5.41, 5.74) is 2.23. The van der Waals surface area contributed by atoms with Crippen LogP contribution in [0.25, 0.3) is 6.08 Å². The maximum absolute atomic E-state index is 11.2. The second-order valence-electron chi connectivity index (χ2n) is 5.09. The van der Waals surface area contributed by atoms with Crippen molar-refractivity contribution < 1.29 is 14.3 Å². The molecule has 0 atom stereocenters. The summed E-state index contributed by atoms with van der Waals surface area (Å²) >= 11 is 0. The van der Waals surface area contributed by atoms with E-state index in [9.17, 15) is 4.79 Å². The molecule has 0 heterocycles. The standard InChI is InChI=1S/C20H22O3/c1-2-22-20(21)11-7-6-8-17-12-14-19(15-13-17)23-16-18-9-4-3-5-10-18/h3-6,8-10,12-15H,2,7,11,16H2,1H3. The van der Waals surface area contributed by atoms with Crippen LogP contribution >= 0.6 is 0 Å². The average Bonchev–Trinajstić information content (AvgIpc) is 2.59. The number of carbonyl (C=O) groups is 1. The maximum atomic E-state index is 11.2. The van der Waals surface area contributed by atoms with E-state index < -0.39 is 0 Å². The Bertz CT molecular complexity index is 615. The number of ether oxygens (including phenoxy) is 2. The Kier molecular flexibility index (Phi) is 6.92. The van der Waals surface area contributed by atoms with Gasteiger partial charge in [0.15, 0.2) is 0 Å². The molecule has 0 aromatic heterocycles. The topological polar surface area (TPSA) is 35.5 Å². The van der Waals surface area contributed by atoms with Crippen LogP contribution in [0.4, 0.5) is 0 Å². The van der Waals surface area contributed by atoms with Gasteiger partial charge >= 0.3 is 5.97 Å². The van der Waals surface area contributed by atoms with Crippen molar-refractivity contribution in [3.63, 3.8) is 0 Å². The second kappa shape index (κ2) is 9.46. The average molecular weight is 310 g/mol. The lowest BCUT2D eigenvalue weighted by Crippen LogP contribution is -2.02. The van der Waals surface area contributed by atoms with Gasteiger partial charge in [0.2, 0.25) is 0 Å². The molecule has 0 bridgehead atoms. The molecule has 23 heavy (non-hydrogen) atoms. The third-order valence-corrected chi connectivity index (χ3v) is 3.26. The van der Waals surface area contributed by atoms with Gasteiger partial charge in [-0.2, -0.15) is 0 Å². The molecule has 3 nitrogen and oxygen atoms in total. The fraction of sp³-hybridized carbons (Fsp3) is 0.250. The van der Waals surface area contributed by atoms with Crippen LogP contribution in [0.15, 0.2) is 60.7 Å². The molecule has 0 amide bonds.